The number of rotatable bonds is 3. The molecule has 0 spiro atoms. The van der Waals surface area contributed by atoms with E-state index in [9.17, 15) is 0 Å². The maximum Gasteiger partial charge on any atom is -0.000731 e. The average molecular weight is 537 g/mol. The van der Waals surface area contributed by atoms with Gasteiger partial charge in [-0.1, -0.05) is 126 Å². The number of benzene rings is 7. The molecule has 0 atom stereocenters. The summed E-state index contributed by atoms with van der Waals surface area (Å²) in [6.07, 6.45) is 0. The summed E-state index contributed by atoms with van der Waals surface area (Å²) < 4.78 is 0. The van der Waals surface area contributed by atoms with Crippen molar-refractivity contribution in [3.05, 3.63) is 144 Å². The maximum absolute atomic E-state index is 2.44. The first-order chi connectivity index (χ1) is 20.5. The van der Waals surface area contributed by atoms with E-state index in [-0.39, 0.29) is 0 Å². The predicted molar refractivity (Wildman–Crippen MR) is 181 cm³/mol. The van der Waals surface area contributed by atoms with Crippen LogP contribution in [0.1, 0.15) is 22.3 Å². The molecule has 1 aliphatic carbocycles. The van der Waals surface area contributed by atoms with Crippen LogP contribution in [0.3, 0.4) is 0 Å². The molecule has 0 fully saturated rings. The van der Waals surface area contributed by atoms with E-state index in [4.69, 9.17) is 0 Å². The Bertz CT molecular complexity index is 2210. The largest absolute Gasteiger partial charge is 0.0622 e. The minimum Gasteiger partial charge on any atom is -0.0622 e. The topological polar surface area (TPSA) is 0 Å². The molecule has 0 radical (unpaired) electrons. The molecule has 7 aromatic carbocycles. The van der Waals surface area contributed by atoms with Crippen LogP contribution in [0.5, 0.6) is 0 Å². The van der Waals surface area contributed by atoms with E-state index in [1.165, 1.54) is 99.4 Å². The Morgan fingerprint density at radius 3 is 1.52 bits per heavy atom. The lowest BCUT2D eigenvalue weighted by Gasteiger charge is -2.23. The minimum atomic E-state index is 1.24. The molecule has 0 saturated carbocycles. The van der Waals surface area contributed by atoms with Crippen LogP contribution in [0.2, 0.25) is 0 Å². The van der Waals surface area contributed by atoms with Crippen molar-refractivity contribution in [3.8, 4) is 55.6 Å². The van der Waals surface area contributed by atoms with Crippen molar-refractivity contribution in [2.45, 2.75) is 27.7 Å². The summed E-state index contributed by atoms with van der Waals surface area (Å²) in [6, 6.07) is 45.4. The fraction of sp³-hybridized carbons (Fsp3) is 0.0952. The second-order valence-corrected chi connectivity index (χ2v) is 12.0. The second-order valence-electron chi connectivity index (χ2n) is 12.0. The molecule has 0 nitrogen and oxygen atoms in total. The number of aryl methyl sites for hydroxylation is 4. The fourth-order valence-corrected chi connectivity index (χ4v) is 7.16. The lowest BCUT2D eigenvalue weighted by molar-refractivity contribution is 1.39. The number of hydrogen-bond acceptors (Lipinski definition) is 0. The zero-order valence-electron chi connectivity index (χ0n) is 24.5. The van der Waals surface area contributed by atoms with Gasteiger partial charge in [0.05, 0.1) is 0 Å². The Morgan fingerprint density at radius 2 is 0.929 bits per heavy atom. The lowest BCUT2D eigenvalue weighted by Crippen LogP contribution is -1.97. The van der Waals surface area contributed by atoms with Crippen molar-refractivity contribution in [1.29, 1.82) is 0 Å². The van der Waals surface area contributed by atoms with Gasteiger partial charge in [0.15, 0.2) is 0 Å². The molecule has 0 N–H and O–H groups in total. The van der Waals surface area contributed by atoms with Gasteiger partial charge in [-0.3, -0.25) is 0 Å². The first-order valence-electron chi connectivity index (χ1n) is 14.9. The maximum atomic E-state index is 2.44. The Hall–Kier alpha value is -4.94. The third-order valence-electron chi connectivity index (χ3n) is 9.18. The Kier molecular flexibility index (Phi) is 5.49. The third-order valence-corrected chi connectivity index (χ3v) is 9.18. The van der Waals surface area contributed by atoms with Crippen LogP contribution < -0.4 is 0 Å². The van der Waals surface area contributed by atoms with Gasteiger partial charge in [0.1, 0.15) is 0 Å². The molecule has 1 aliphatic rings. The average Bonchev–Trinajstić information content (AvgIpc) is 3.34. The van der Waals surface area contributed by atoms with E-state index < -0.39 is 0 Å². The van der Waals surface area contributed by atoms with E-state index in [1.54, 1.807) is 0 Å². The quantitative estimate of drug-likeness (QED) is 0.211. The van der Waals surface area contributed by atoms with Gasteiger partial charge in [0.2, 0.25) is 0 Å². The predicted octanol–water partition coefficient (Wildman–Crippen LogP) is 11.9. The monoisotopic (exact) mass is 536 g/mol. The highest BCUT2D eigenvalue weighted by atomic mass is 14.3. The smallest absolute Gasteiger partial charge is 0.000731 e. The van der Waals surface area contributed by atoms with Crippen LogP contribution in [0.15, 0.2) is 121 Å². The zero-order chi connectivity index (χ0) is 28.5. The first kappa shape index (κ1) is 24.8. The van der Waals surface area contributed by atoms with Gasteiger partial charge in [-0.05, 0) is 122 Å². The third kappa shape index (κ3) is 3.62. The van der Waals surface area contributed by atoms with Crippen LogP contribution in [0.4, 0.5) is 0 Å². The SMILES string of the molecule is Cc1ccc(C)c(-c2c3c(c(-c4cc(C)ccc4C)c4cc(-c5ccccc5)ccc24)-c2cccc4cccc-3c24)c1. The zero-order valence-corrected chi connectivity index (χ0v) is 24.5. The lowest BCUT2D eigenvalue weighted by atomic mass is 9.80. The Balaban J connectivity index is 1.64. The Labute approximate surface area is 247 Å². The molecule has 200 valence electrons. The highest BCUT2D eigenvalue weighted by Crippen LogP contribution is 2.58. The normalized spacial score (nSPS) is 11.8. The molecule has 0 bridgehead atoms. The molecule has 0 aromatic heterocycles. The van der Waals surface area contributed by atoms with Crippen LogP contribution >= 0.6 is 0 Å². The van der Waals surface area contributed by atoms with E-state index in [0.717, 1.165) is 0 Å². The molecular weight excluding hydrogens is 504 g/mol. The van der Waals surface area contributed by atoms with Crippen molar-refractivity contribution < 1.29 is 0 Å². The van der Waals surface area contributed by atoms with E-state index in [2.05, 4.69) is 149 Å². The molecule has 7 aromatic rings. The standard InChI is InChI=1S/C42H32/c1-25-16-18-27(3)35(22-25)39-32-21-20-31(29-10-6-5-7-11-29)24-37(32)40(36-23-26(2)17-19-28(36)4)42-34-15-9-13-30-12-8-14-33(38(30)34)41(39)42/h5-24H,1-4H3. The highest BCUT2D eigenvalue weighted by Gasteiger charge is 2.31. The van der Waals surface area contributed by atoms with E-state index >= 15 is 0 Å². The van der Waals surface area contributed by atoms with Gasteiger partial charge in [-0.15, -0.1) is 0 Å². The van der Waals surface area contributed by atoms with Crippen LogP contribution in [0.25, 0.3) is 77.2 Å². The van der Waals surface area contributed by atoms with Crippen molar-refractivity contribution in [3.63, 3.8) is 0 Å². The van der Waals surface area contributed by atoms with Gasteiger partial charge in [0, 0.05) is 0 Å². The van der Waals surface area contributed by atoms with Gasteiger partial charge in [-0.25, -0.2) is 0 Å². The Morgan fingerprint density at radius 1 is 0.357 bits per heavy atom. The van der Waals surface area contributed by atoms with Gasteiger partial charge in [-0.2, -0.15) is 0 Å². The molecular formula is C42H32. The molecule has 42 heavy (non-hydrogen) atoms. The number of hydrogen-bond donors (Lipinski definition) is 0. The van der Waals surface area contributed by atoms with Crippen LogP contribution in [-0.2, 0) is 0 Å². The van der Waals surface area contributed by atoms with E-state index in [0.29, 0.717) is 0 Å². The number of fused-ring (bicyclic) bond motifs is 4. The molecule has 0 heterocycles. The molecule has 0 saturated heterocycles. The summed E-state index contributed by atoms with van der Waals surface area (Å²) in [5.74, 6) is 0. The molecule has 0 amide bonds. The van der Waals surface area contributed by atoms with E-state index in [1.807, 2.05) is 0 Å². The summed E-state index contributed by atoms with van der Waals surface area (Å²) in [5.41, 5.74) is 18.4. The highest BCUT2D eigenvalue weighted by molar-refractivity contribution is 6.28. The summed E-state index contributed by atoms with van der Waals surface area (Å²) in [4.78, 5) is 0. The summed E-state index contributed by atoms with van der Waals surface area (Å²) in [7, 11) is 0. The summed E-state index contributed by atoms with van der Waals surface area (Å²) in [6.45, 7) is 8.93. The van der Waals surface area contributed by atoms with Gasteiger partial charge < -0.3 is 0 Å². The molecule has 0 aliphatic heterocycles. The van der Waals surface area contributed by atoms with Crippen molar-refractivity contribution >= 4 is 21.5 Å². The van der Waals surface area contributed by atoms with Crippen LogP contribution in [-0.4, -0.2) is 0 Å². The van der Waals surface area contributed by atoms with Crippen molar-refractivity contribution in [2.75, 3.05) is 0 Å². The van der Waals surface area contributed by atoms with Gasteiger partial charge >= 0.3 is 0 Å². The van der Waals surface area contributed by atoms with Gasteiger partial charge in [0.25, 0.3) is 0 Å². The fourth-order valence-electron chi connectivity index (χ4n) is 7.16. The summed E-state index contributed by atoms with van der Waals surface area (Å²) in [5, 5.41) is 5.29. The summed E-state index contributed by atoms with van der Waals surface area (Å²) >= 11 is 0. The first-order valence-corrected chi connectivity index (χ1v) is 14.9. The van der Waals surface area contributed by atoms with Crippen LogP contribution in [0, 0.1) is 27.7 Å². The molecule has 0 heteroatoms. The molecule has 0 unspecified atom stereocenters. The second kappa shape index (κ2) is 9.29. The molecule has 8 rings (SSSR count). The minimum absolute atomic E-state index is 1.24. The van der Waals surface area contributed by atoms with Crippen molar-refractivity contribution in [1.82, 2.24) is 0 Å². The van der Waals surface area contributed by atoms with Crippen molar-refractivity contribution in [2.24, 2.45) is 0 Å².